The van der Waals surface area contributed by atoms with E-state index in [0.29, 0.717) is 28.3 Å². The Hall–Kier alpha value is -2.97. The Labute approximate surface area is 165 Å². The van der Waals surface area contributed by atoms with Crippen LogP contribution in [0.5, 0.6) is 0 Å². The molecule has 1 aromatic carbocycles. The van der Waals surface area contributed by atoms with E-state index in [1.165, 1.54) is 6.07 Å². The Kier molecular flexibility index (Phi) is 5.35. The molecule has 7 nitrogen and oxygen atoms in total. The van der Waals surface area contributed by atoms with Gasteiger partial charge in [-0.2, -0.15) is 0 Å². The van der Waals surface area contributed by atoms with Crippen LogP contribution in [0.3, 0.4) is 0 Å². The highest BCUT2D eigenvalue weighted by Gasteiger charge is 2.20. The van der Waals surface area contributed by atoms with E-state index in [-0.39, 0.29) is 4.90 Å². The average Bonchev–Trinajstić information content (AvgIpc) is 3.06. The molecule has 0 bridgehead atoms. The van der Waals surface area contributed by atoms with Gasteiger partial charge in [0.25, 0.3) is 0 Å². The summed E-state index contributed by atoms with van der Waals surface area (Å²) in [6.07, 6.45) is 7.31. The summed E-state index contributed by atoms with van der Waals surface area (Å²) in [5, 5.41) is 8.65. The number of nitrogens with one attached hydrogen (secondary N) is 1. The summed E-state index contributed by atoms with van der Waals surface area (Å²) in [5.41, 5.74) is 4.73. The van der Waals surface area contributed by atoms with E-state index in [1.807, 2.05) is 45.3 Å². The normalized spacial score (nSPS) is 12.2. The van der Waals surface area contributed by atoms with Gasteiger partial charge in [-0.05, 0) is 61.7 Å². The van der Waals surface area contributed by atoms with Crippen molar-refractivity contribution < 1.29 is 8.42 Å². The van der Waals surface area contributed by atoms with Gasteiger partial charge in [-0.25, -0.2) is 23.5 Å². The monoisotopic (exact) mass is 397 g/mol. The van der Waals surface area contributed by atoms with E-state index in [4.69, 9.17) is 5.14 Å². The summed E-state index contributed by atoms with van der Waals surface area (Å²) in [5.74, 6) is 0.646. The Bertz CT molecular complexity index is 1150. The van der Waals surface area contributed by atoms with Crippen molar-refractivity contribution >= 4 is 27.1 Å². The van der Waals surface area contributed by atoms with Crippen LogP contribution in [0.4, 0.5) is 11.5 Å². The molecular formula is C20H23N5O2S. The largest absolute Gasteiger partial charge is 0.340 e. The van der Waals surface area contributed by atoms with Gasteiger partial charge in [0.1, 0.15) is 5.82 Å². The average molecular weight is 398 g/mol. The quantitative estimate of drug-likeness (QED) is 0.685. The van der Waals surface area contributed by atoms with E-state index in [2.05, 4.69) is 15.3 Å². The first-order valence-electron chi connectivity index (χ1n) is 8.72. The van der Waals surface area contributed by atoms with Crippen LogP contribution in [0, 0.1) is 6.92 Å². The molecule has 0 saturated carbocycles. The summed E-state index contributed by atoms with van der Waals surface area (Å²) in [4.78, 5) is 8.92. The van der Waals surface area contributed by atoms with Crippen molar-refractivity contribution in [3.8, 4) is 11.3 Å². The summed E-state index contributed by atoms with van der Waals surface area (Å²) in [7, 11) is -2.00. The molecule has 146 valence electrons. The summed E-state index contributed by atoms with van der Waals surface area (Å²) >= 11 is 0. The summed E-state index contributed by atoms with van der Waals surface area (Å²) in [6.45, 7) is 5.73. The Morgan fingerprint density at radius 2 is 1.96 bits per heavy atom. The molecular weight excluding hydrogens is 374 g/mol. The SMILES string of the molecule is C/C=C(\C)c1ccc(Nc2ccc(S(N)(=O)=O)c(C)c2-c2cn(C)cn2)nc1. The predicted octanol–water partition coefficient (Wildman–Crippen LogP) is 3.60. The van der Waals surface area contributed by atoms with E-state index in [9.17, 15) is 8.42 Å². The molecule has 2 heterocycles. The fourth-order valence-corrected chi connectivity index (χ4v) is 3.77. The van der Waals surface area contributed by atoms with Crippen molar-refractivity contribution in [1.29, 1.82) is 0 Å². The van der Waals surface area contributed by atoms with Crippen LogP contribution in [0.2, 0.25) is 0 Å². The van der Waals surface area contributed by atoms with Gasteiger partial charge in [-0.15, -0.1) is 0 Å². The van der Waals surface area contributed by atoms with Crippen molar-refractivity contribution in [2.75, 3.05) is 5.32 Å². The molecule has 3 rings (SSSR count). The molecule has 0 fully saturated rings. The minimum atomic E-state index is -3.85. The molecule has 0 aliphatic rings. The molecule has 0 atom stereocenters. The summed E-state index contributed by atoms with van der Waals surface area (Å²) in [6, 6.07) is 7.05. The number of nitrogens with two attached hydrogens (primary N) is 1. The van der Waals surface area contributed by atoms with Gasteiger partial charge in [0.2, 0.25) is 10.0 Å². The molecule has 3 N–H and O–H groups in total. The van der Waals surface area contributed by atoms with Crippen LogP contribution in [-0.4, -0.2) is 23.0 Å². The minimum Gasteiger partial charge on any atom is -0.340 e. The standard InChI is InChI=1S/C20H23N5O2S/c1-5-13(2)15-6-9-19(22-10-15)24-16-7-8-18(28(21,26)27)14(3)20(16)17-11-25(4)12-23-17/h5-12H,1-4H3,(H,22,24)(H2,21,26,27)/b13-5+. The third kappa shape index (κ3) is 3.97. The zero-order valence-corrected chi connectivity index (χ0v) is 17.1. The van der Waals surface area contributed by atoms with Crippen molar-refractivity contribution in [3.63, 3.8) is 0 Å². The number of rotatable bonds is 5. The number of sulfonamides is 1. The molecule has 28 heavy (non-hydrogen) atoms. The molecule has 3 aromatic rings. The molecule has 2 aromatic heterocycles. The number of aromatic nitrogens is 3. The van der Waals surface area contributed by atoms with Gasteiger partial charge in [0, 0.05) is 30.7 Å². The third-order valence-electron chi connectivity index (χ3n) is 4.60. The first-order chi connectivity index (χ1) is 13.2. The second-order valence-corrected chi connectivity index (χ2v) is 8.14. The van der Waals surface area contributed by atoms with Crippen LogP contribution < -0.4 is 10.5 Å². The Morgan fingerprint density at radius 3 is 2.50 bits per heavy atom. The molecule has 0 aliphatic carbocycles. The Morgan fingerprint density at radius 1 is 1.21 bits per heavy atom. The molecule has 0 aliphatic heterocycles. The smallest absolute Gasteiger partial charge is 0.238 e. The van der Waals surface area contributed by atoms with Gasteiger partial charge in [0.05, 0.1) is 16.9 Å². The number of nitrogens with zero attached hydrogens (tertiary/aromatic N) is 3. The first kappa shape index (κ1) is 19.8. The number of allylic oxidation sites excluding steroid dienone is 2. The highest BCUT2D eigenvalue weighted by molar-refractivity contribution is 7.89. The third-order valence-corrected chi connectivity index (χ3v) is 5.65. The lowest BCUT2D eigenvalue weighted by Crippen LogP contribution is -2.14. The van der Waals surface area contributed by atoms with Crippen LogP contribution in [-0.2, 0) is 17.1 Å². The molecule has 0 saturated heterocycles. The zero-order chi connectivity index (χ0) is 20.5. The van der Waals surface area contributed by atoms with Crippen molar-refractivity contribution in [3.05, 3.63) is 60.2 Å². The molecule has 0 unspecified atom stereocenters. The maximum absolute atomic E-state index is 12.0. The molecule has 0 spiro atoms. The number of imidazole rings is 1. The minimum absolute atomic E-state index is 0.0747. The number of hydrogen-bond donors (Lipinski definition) is 2. The lowest BCUT2D eigenvalue weighted by atomic mass is 10.0. The zero-order valence-electron chi connectivity index (χ0n) is 16.3. The van der Waals surface area contributed by atoms with E-state index >= 15 is 0 Å². The highest BCUT2D eigenvalue weighted by Crippen LogP contribution is 2.35. The van der Waals surface area contributed by atoms with Crippen LogP contribution in [0.25, 0.3) is 16.8 Å². The lowest BCUT2D eigenvalue weighted by molar-refractivity contribution is 0.597. The number of pyridine rings is 1. The fraction of sp³-hybridized carbons (Fsp3) is 0.200. The number of primary sulfonamides is 1. The first-order valence-corrected chi connectivity index (χ1v) is 10.3. The van der Waals surface area contributed by atoms with Crippen molar-refractivity contribution in [2.45, 2.75) is 25.7 Å². The maximum Gasteiger partial charge on any atom is 0.238 e. The van der Waals surface area contributed by atoms with Crippen LogP contribution >= 0.6 is 0 Å². The number of aryl methyl sites for hydroxylation is 1. The van der Waals surface area contributed by atoms with Gasteiger partial charge in [-0.3, -0.25) is 0 Å². The molecule has 0 amide bonds. The lowest BCUT2D eigenvalue weighted by Gasteiger charge is -2.15. The number of hydrogen-bond acceptors (Lipinski definition) is 5. The van der Waals surface area contributed by atoms with Crippen molar-refractivity contribution in [2.24, 2.45) is 12.2 Å². The van der Waals surface area contributed by atoms with Crippen molar-refractivity contribution in [1.82, 2.24) is 14.5 Å². The van der Waals surface area contributed by atoms with Gasteiger partial charge in [0.15, 0.2) is 0 Å². The summed E-state index contributed by atoms with van der Waals surface area (Å²) < 4.78 is 25.7. The second kappa shape index (κ2) is 7.57. The van der Waals surface area contributed by atoms with E-state index < -0.39 is 10.0 Å². The predicted molar refractivity (Wildman–Crippen MR) is 112 cm³/mol. The van der Waals surface area contributed by atoms with Crippen LogP contribution in [0.1, 0.15) is 25.0 Å². The van der Waals surface area contributed by atoms with Gasteiger partial charge < -0.3 is 9.88 Å². The Balaban J connectivity index is 2.09. The second-order valence-electron chi connectivity index (χ2n) is 6.61. The number of anilines is 2. The van der Waals surface area contributed by atoms with E-state index in [1.54, 1.807) is 30.1 Å². The highest BCUT2D eigenvalue weighted by atomic mass is 32.2. The molecule has 0 radical (unpaired) electrons. The fourth-order valence-electron chi connectivity index (χ4n) is 2.98. The van der Waals surface area contributed by atoms with Gasteiger partial charge in [-0.1, -0.05) is 6.08 Å². The number of benzene rings is 1. The van der Waals surface area contributed by atoms with Gasteiger partial charge >= 0.3 is 0 Å². The topological polar surface area (TPSA) is 103 Å². The van der Waals surface area contributed by atoms with E-state index in [0.717, 1.165) is 11.1 Å². The molecule has 8 heteroatoms. The van der Waals surface area contributed by atoms with Crippen LogP contribution in [0.15, 0.2) is 54.0 Å². The maximum atomic E-state index is 12.0.